The van der Waals surface area contributed by atoms with E-state index >= 15 is 0 Å². The predicted molar refractivity (Wildman–Crippen MR) is 101 cm³/mol. The molecule has 0 radical (unpaired) electrons. The Bertz CT molecular complexity index is 754. The number of carbonyl (C=O) groups excluding carboxylic acids is 1. The molecule has 0 saturated heterocycles. The summed E-state index contributed by atoms with van der Waals surface area (Å²) in [5.74, 6) is 0. The molecule has 0 spiro atoms. The van der Waals surface area contributed by atoms with Gasteiger partial charge in [-0.25, -0.2) is 4.79 Å². The highest BCUT2D eigenvalue weighted by Gasteiger charge is 2.24. The molecule has 1 atom stereocenters. The van der Waals surface area contributed by atoms with E-state index in [1.54, 1.807) is 0 Å². The number of pyridine rings is 1. The number of nitrogens with zero attached hydrogens (tertiary/aromatic N) is 1. The maximum atomic E-state index is 12.0. The Hall–Kier alpha value is -2.40. The Morgan fingerprint density at radius 2 is 2.12 bits per heavy atom. The van der Waals surface area contributed by atoms with E-state index in [4.69, 9.17) is 9.47 Å². The third-order valence-electron chi connectivity index (χ3n) is 4.22. The average molecular weight is 354 g/mol. The molecule has 0 aliphatic carbocycles. The van der Waals surface area contributed by atoms with Gasteiger partial charge in [-0.05, 0) is 56.9 Å². The van der Waals surface area contributed by atoms with Crippen molar-refractivity contribution in [1.82, 2.24) is 10.3 Å². The molecule has 2 heterocycles. The molecule has 1 unspecified atom stereocenters. The topological polar surface area (TPSA) is 60.5 Å². The minimum Gasteiger partial charge on any atom is -0.444 e. The fourth-order valence-corrected chi connectivity index (χ4v) is 3.17. The van der Waals surface area contributed by atoms with Crippen LogP contribution in [0.25, 0.3) is 11.3 Å². The summed E-state index contributed by atoms with van der Waals surface area (Å²) in [5.41, 5.74) is 3.95. The second-order valence-electron chi connectivity index (χ2n) is 7.43. The zero-order valence-electron chi connectivity index (χ0n) is 15.6. The van der Waals surface area contributed by atoms with Gasteiger partial charge < -0.3 is 14.8 Å². The van der Waals surface area contributed by atoms with Crippen LogP contribution >= 0.6 is 0 Å². The van der Waals surface area contributed by atoms with Crippen molar-refractivity contribution in [2.24, 2.45) is 0 Å². The first kappa shape index (κ1) is 18.4. The summed E-state index contributed by atoms with van der Waals surface area (Å²) in [6.45, 7) is 6.60. The number of carbonyl (C=O) groups is 1. The number of alkyl carbamates (subject to hydrolysis) is 1. The lowest BCUT2D eigenvalue weighted by molar-refractivity contribution is 0.0359. The first-order valence-corrected chi connectivity index (χ1v) is 9.06. The van der Waals surface area contributed by atoms with Crippen LogP contribution in [0.3, 0.4) is 0 Å². The van der Waals surface area contributed by atoms with Crippen molar-refractivity contribution >= 4 is 6.09 Å². The Morgan fingerprint density at radius 1 is 1.27 bits per heavy atom. The molecule has 0 bridgehead atoms. The van der Waals surface area contributed by atoms with E-state index in [9.17, 15) is 4.79 Å². The zero-order chi connectivity index (χ0) is 18.6. The molecule has 2 aromatic rings. The molecule has 138 valence electrons. The molecular formula is C21H26N2O3. The summed E-state index contributed by atoms with van der Waals surface area (Å²) in [5, 5.41) is 2.84. The molecule has 1 aliphatic rings. The highest BCUT2D eigenvalue weighted by atomic mass is 16.6. The fraction of sp³-hybridized carbons (Fsp3) is 0.429. The maximum absolute atomic E-state index is 12.0. The second-order valence-corrected chi connectivity index (χ2v) is 7.43. The van der Waals surface area contributed by atoms with Crippen LogP contribution in [-0.2, 0) is 15.9 Å². The summed E-state index contributed by atoms with van der Waals surface area (Å²) in [6.07, 6.45) is 3.07. The first-order valence-electron chi connectivity index (χ1n) is 9.06. The number of nitrogens with one attached hydrogen (secondary N) is 1. The number of hydrogen-bond acceptors (Lipinski definition) is 4. The third kappa shape index (κ3) is 4.61. The number of ether oxygens (including phenoxy) is 2. The van der Waals surface area contributed by atoms with Crippen molar-refractivity contribution in [3.8, 4) is 11.3 Å². The molecule has 3 rings (SSSR count). The Labute approximate surface area is 154 Å². The van der Waals surface area contributed by atoms with Gasteiger partial charge >= 0.3 is 6.09 Å². The van der Waals surface area contributed by atoms with Crippen LogP contribution in [0.15, 0.2) is 42.6 Å². The minimum atomic E-state index is -0.515. The SMILES string of the molecule is CC(C)(C)OC(=O)NCC1OCCCc2c(-c3ccccn3)cccc21. The van der Waals surface area contributed by atoms with Gasteiger partial charge in [-0.1, -0.05) is 24.3 Å². The third-order valence-corrected chi connectivity index (χ3v) is 4.22. The summed E-state index contributed by atoms with van der Waals surface area (Å²) >= 11 is 0. The van der Waals surface area contributed by atoms with Crippen LogP contribution in [0.5, 0.6) is 0 Å². The second kappa shape index (κ2) is 7.87. The van der Waals surface area contributed by atoms with Gasteiger partial charge in [0.15, 0.2) is 0 Å². The summed E-state index contributed by atoms with van der Waals surface area (Å²) in [7, 11) is 0. The van der Waals surface area contributed by atoms with Crippen molar-refractivity contribution < 1.29 is 14.3 Å². The van der Waals surface area contributed by atoms with Gasteiger partial charge in [-0.2, -0.15) is 0 Å². The van der Waals surface area contributed by atoms with Crippen LogP contribution in [0.4, 0.5) is 4.79 Å². The Morgan fingerprint density at radius 3 is 2.85 bits per heavy atom. The van der Waals surface area contributed by atoms with Crippen LogP contribution < -0.4 is 5.32 Å². The molecule has 1 N–H and O–H groups in total. The summed E-state index contributed by atoms with van der Waals surface area (Å²) in [4.78, 5) is 16.5. The molecule has 26 heavy (non-hydrogen) atoms. The van der Waals surface area contributed by atoms with Gasteiger partial charge in [0, 0.05) is 18.4 Å². The zero-order valence-corrected chi connectivity index (χ0v) is 15.6. The quantitative estimate of drug-likeness (QED) is 0.894. The number of fused-ring (bicyclic) bond motifs is 1. The molecule has 1 aliphatic heterocycles. The van der Waals surface area contributed by atoms with Gasteiger partial charge in [0.25, 0.3) is 0 Å². The lowest BCUT2D eigenvalue weighted by atomic mass is 9.92. The van der Waals surface area contributed by atoms with Gasteiger partial charge in [0.1, 0.15) is 11.7 Å². The molecular weight excluding hydrogens is 328 g/mol. The lowest BCUT2D eigenvalue weighted by Gasteiger charge is -2.23. The molecule has 1 aromatic carbocycles. The fourth-order valence-electron chi connectivity index (χ4n) is 3.17. The molecule has 0 saturated carbocycles. The standard InChI is InChI=1S/C21H26N2O3/c1-21(2,3)26-20(24)23-14-19-17-9-6-8-16(15(17)10-7-13-25-19)18-11-4-5-12-22-18/h4-6,8-9,11-12,19H,7,10,13-14H2,1-3H3,(H,23,24). The van der Waals surface area contributed by atoms with E-state index in [0.717, 1.165) is 29.7 Å². The largest absolute Gasteiger partial charge is 0.444 e. The Kier molecular flexibility index (Phi) is 5.57. The van der Waals surface area contributed by atoms with Crippen LogP contribution in [0.1, 0.15) is 44.4 Å². The number of benzene rings is 1. The van der Waals surface area contributed by atoms with Crippen LogP contribution in [0, 0.1) is 0 Å². The normalized spacial score (nSPS) is 17.1. The van der Waals surface area contributed by atoms with Crippen molar-refractivity contribution in [2.75, 3.05) is 13.2 Å². The van der Waals surface area contributed by atoms with Crippen molar-refractivity contribution in [1.29, 1.82) is 0 Å². The van der Waals surface area contributed by atoms with Crippen molar-refractivity contribution in [3.63, 3.8) is 0 Å². The van der Waals surface area contributed by atoms with E-state index in [2.05, 4.69) is 22.4 Å². The van der Waals surface area contributed by atoms with Gasteiger partial charge in [-0.3, -0.25) is 4.98 Å². The van der Waals surface area contributed by atoms with Crippen LogP contribution in [0.2, 0.25) is 0 Å². The molecule has 5 heteroatoms. The van der Waals surface area contributed by atoms with E-state index in [0.29, 0.717) is 13.2 Å². The number of hydrogen-bond donors (Lipinski definition) is 1. The van der Waals surface area contributed by atoms with Gasteiger partial charge in [0.05, 0.1) is 12.2 Å². The van der Waals surface area contributed by atoms with Crippen molar-refractivity contribution in [3.05, 3.63) is 53.7 Å². The highest BCUT2D eigenvalue weighted by Crippen LogP contribution is 2.33. The minimum absolute atomic E-state index is 0.191. The smallest absolute Gasteiger partial charge is 0.407 e. The van der Waals surface area contributed by atoms with E-state index in [1.165, 1.54) is 5.56 Å². The molecule has 1 aromatic heterocycles. The van der Waals surface area contributed by atoms with E-state index in [1.807, 2.05) is 51.2 Å². The molecule has 5 nitrogen and oxygen atoms in total. The first-order chi connectivity index (χ1) is 12.4. The van der Waals surface area contributed by atoms with Gasteiger partial charge in [-0.15, -0.1) is 0 Å². The molecule has 0 fully saturated rings. The summed E-state index contributed by atoms with van der Waals surface area (Å²) < 4.78 is 11.3. The summed E-state index contributed by atoms with van der Waals surface area (Å²) in [6, 6.07) is 12.1. The number of aromatic nitrogens is 1. The number of rotatable bonds is 3. The van der Waals surface area contributed by atoms with Crippen molar-refractivity contribution in [2.45, 2.75) is 45.3 Å². The number of amides is 1. The van der Waals surface area contributed by atoms with E-state index < -0.39 is 11.7 Å². The molecule has 1 amide bonds. The monoisotopic (exact) mass is 354 g/mol. The highest BCUT2D eigenvalue weighted by molar-refractivity contribution is 5.68. The van der Waals surface area contributed by atoms with E-state index in [-0.39, 0.29) is 6.10 Å². The Balaban J connectivity index is 1.82. The predicted octanol–water partition coefficient (Wildman–Crippen LogP) is 4.28. The van der Waals surface area contributed by atoms with Gasteiger partial charge in [0.2, 0.25) is 0 Å². The van der Waals surface area contributed by atoms with Crippen LogP contribution in [-0.4, -0.2) is 29.8 Å². The average Bonchev–Trinajstić information content (AvgIpc) is 2.81. The lowest BCUT2D eigenvalue weighted by Crippen LogP contribution is -2.35. The maximum Gasteiger partial charge on any atom is 0.407 e.